The first-order valence-corrected chi connectivity index (χ1v) is 7.49. The zero-order chi connectivity index (χ0) is 15.7. The summed E-state index contributed by atoms with van der Waals surface area (Å²) in [4.78, 5) is 0. The summed E-state index contributed by atoms with van der Waals surface area (Å²) < 4.78 is 1.73. The first kappa shape index (κ1) is 14.3. The van der Waals surface area contributed by atoms with Crippen LogP contribution in [0.1, 0.15) is 23.6 Å². The Bertz CT molecular complexity index is 818. The van der Waals surface area contributed by atoms with Crippen molar-refractivity contribution >= 4 is 5.82 Å². The molecule has 3 rings (SSSR count). The fourth-order valence-corrected chi connectivity index (χ4v) is 2.75. The van der Waals surface area contributed by atoms with Gasteiger partial charge < -0.3 is 5.73 Å². The van der Waals surface area contributed by atoms with Gasteiger partial charge in [-0.1, -0.05) is 54.1 Å². The zero-order valence-corrected chi connectivity index (χ0v) is 13.2. The molecule has 0 spiro atoms. The Morgan fingerprint density at radius 3 is 2.59 bits per heavy atom. The van der Waals surface area contributed by atoms with Crippen LogP contribution in [-0.2, 0) is 6.42 Å². The van der Waals surface area contributed by atoms with E-state index < -0.39 is 0 Å². The van der Waals surface area contributed by atoms with E-state index in [1.807, 2.05) is 18.2 Å². The van der Waals surface area contributed by atoms with Crippen molar-refractivity contribution < 1.29 is 0 Å². The van der Waals surface area contributed by atoms with Gasteiger partial charge in [-0.3, -0.25) is 0 Å². The van der Waals surface area contributed by atoms with Gasteiger partial charge in [0.05, 0.1) is 5.69 Å². The highest BCUT2D eigenvalue weighted by Gasteiger charge is 2.16. The average Bonchev–Trinajstić information content (AvgIpc) is 2.89. The SMILES string of the molecule is CCc1ccccc1-n1nnc(-c2ccc(C)cc2C)c1N. The predicted molar refractivity (Wildman–Crippen MR) is 90.1 cm³/mol. The Morgan fingerprint density at radius 1 is 1.09 bits per heavy atom. The van der Waals surface area contributed by atoms with Gasteiger partial charge in [0.15, 0.2) is 5.82 Å². The number of anilines is 1. The van der Waals surface area contributed by atoms with E-state index in [0.29, 0.717) is 5.82 Å². The molecule has 0 saturated carbocycles. The van der Waals surface area contributed by atoms with Gasteiger partial charge in [-0.2, -0.15) is 4.68 Å². The monoisotopic (exact) mass is 292 g/mol. The van der Waals surface area contributed by atoms with Crippen molar-refractivity contribution in [3.05, 3.63) is 59.2 Å². The Balaban J connectivity index is 2.13. The normalized spacial score (nSPS) is 10.9. The van der Waals surface area contributed by atoms with Gasteiger partial charge in [0.25, 0.3) is 0 Å². The van der Waals surface area contributed by atoms with Crippen LogP contribution in [0.15, 0.2) is 42.5 Å². The van der Waals surface area contributed by atoms with Crippen molar-refractivity contribution in [3.63, 3.8) is 0 Å². The highest BCUT2D eigenvalue weighted by Crippen LogP contribution is 2.29. The molecule has 1 aromatic heterocycles. The first-order chi connectivity index (χ1) is 10.6. The molecule has 0 aliphatic carbocycles. The molecule has 0 saturated heterocycles. The number of aryl methyl sites for hydroxylation is 3. The minimum absolute atomic E-state index is 0.577. The molecule has 0 atom stereocenters. The molecule has 0 fully saturated rings. The third-order valence-corrected chi connectivity index (χ3v) is 3.94. The van der Waals surface area contributed by atoms with E-state index >= 15 is 0 Å². The maximum Gasteiger partial charge on any atom is 0.155 e. The summed E-state index contributed by atoms with van der Waals surface area (Å²) in [7, 11) is 0. The number of para-hydroxylation sites is 1. The summed E-state index contributed by atoms with van der Waals surface area (Å²) in [6, 6.07) is 14.4. The van der Waals surface area contributed by atoms with Gasteiger partial charge in [0.1, 0.15) is 5.69 Å². The third kappa shape index (κ3) is 2.37. The first-order valence-electron chi connectivity index (χ1n) is 7.49. The zero-order valence-electron chi connectivity index (χ0n) is 13.2. The van der Waals surface area contributed by atoms with Crippen LogP contribution in [0.4, 0.5) is 5.82 Å². The molecule has 0 amide bonds. The molecular weight excluding hydrogens is 272 g/mol. The van der Waals surface area contributed by atoms with Crippen molar-refractivity contribution in [2.45, 2.75) is 27.2 Å². The van der Waals surface area contributed by atoms with Crippen molar-refractivity contribution in [2.75, 3.05) is 5.73 Å². The topological polar surface area (TPSA) is 56.7 Å². The van der Waals surface area contributed by atoms with Crippen LogP contribution >= 0.6 is 0 Å². The molecule has 0 aliphatic heterocycles. The molecule has 4 nitrogen and oxygen atoms in total. The van der Waals surface area contributed by atoms with E-state index in [0.717, 1.165) is 28.9 Å². The molecule has 0 bridgehead atoms. The van der Waals surface area contributed by atoms with Crippen LogP contribution in [0.5, 0.6) is 0 Å². The Morgan fingerprint density at radius 2 is 1.86 bits per heavy atom. The maximum absolute atomic E-state index is 6.34. The maximum atomic E-state index is 6.34. The number of hydrogen-bond donors (Lipinski definition) is 1. The largest absolute Gasteiger partial charge is 0.382 e. The van der Waals surface area contributed by atoms with Crippen LogP contribution in [0.3, 0.4) is 0 Å². The number of nitrogens with zero attached hydrogens (tertiary/aromatic N) is 3. The lowest BCUT2D eigenvalue weighted by Crippen LogP contribution is -2.05. The number of nitrogens with two attached hydrogens (primary N) is 1. The number of aromatic nitrogens is 3. The smallest absolute Gasteiger partial charge is 0.155 e. The fraction of sp³-hybridized carbons (Fsp3) is 0.222. The minimum atomic E-state index is 0.577. The summed E-state index contributed by atoms with van der Waals surface area (Å²) >= 11 is 0. The molecule has 4 heteroatoms. The highest BCUT2D eigenvalue weighted by molar-refractivity contribution is 5.74. The second-order valence-corrected chi connectivity index (χ2v) is 5.54. The van der Waals surface area contributed by atoms with E-state index in [9.17, 15) is 0 Å². The van der Waals surface area contributed by atoms with Gasteiger partial charge in [-0.05, 0) is 37.5 Å². The van der Waals surface area contributed by atoms with E-state index in [1.54, 1.807) is 4.68 Å². The van der Waals surface area contributed by atoms with Crippen molar-refractivity contribution in [1.29, 1.82) is 0 Å². The van der Waals surface area contributed by atoms with Gasteiger partial charge in [0.2, 0.25) is 0 Å². The molecule has 3 aromatic rings. The Kier molecular flexibility index (Phi) is 3.67. The number of hydrogen-bond acceptors (Lipinski definition) is 3. The summed E-state index contributed by atoms with van der Waals surface area (Å²) in [5.74, 6) is 0.577. The van der Waals surface area contributed by atoms with E-state index in [-0.39, 0.29) is 0 Å². The molecule has 0 radical (unpaired) electrons. The highest BCUT2D eigenvalue weighted by atomic mass is 15.5. The van der Waals surface area contributed by atoms with Gasteiger partial charge >= 0.3 is 0 Å². The molecule has 0 aliphatic rings. The molecular formula is C18H20N4. The standard InChI is InChI=1S/C18H20N4/c1-4-14-7-5-6-8-16(14)22-18(19)17(20-21-22)15-10-9-12(2)11-13(15)3/h5-11H,4,19H2,1-3H3. The van der Waals surface area contributed by atoms with E-state index in [1.165, 1.54) is 11.1 Å². The molecule has 22 heavy (non-hydrogen) atoms. The van der Waals surface area contributed by atoms with Crippen LogP contribution in [0.25, 0.3) is 16.9 Å². The van der Waals surface area contributed by atoms with E-state index in [2.05, 4.69) is 55.3 Å². The third-order valence-electron chi connectivity index (χ3n) is 3.94. The van der Waals surface area contributed by atoms with Crippen molar-refractivity contribution in [3.8, 4) is 16.9 Å². The predicted octanol–water partition coefficient (Wildman–Crippen LogP) is 3.70. The fourth-order valence-electron chi connectivity index (χ4n) is 2.75. The quantitative estimate of drug-likeness (QED) is 0.801. The van der Waals surface area contributed by atoms with Gasteiger partial charge in [-0.25, -0.2) is 0 Å². The van der Waals surface area contributed by atoms with Crippen molar-refractivity contribution in [2.24, 2.45) is 0 Å². The summed E-state index contributed by atoms with van der Waals surface area (Å²) in [5, 5.41) is 8.59. The van der Waals surface area contributed by atoms with Gasteiger partial charge in [-0.15, -0.1) is 5.10 Å². The summed E-state index contributed by atoms with van der Waals surface area (Å²) in [5.41, 5.74) is 12.7. The van der Waals surface area contributed by atoms with Crippen LogP contribution in [0.2, 0.25) is 0 Å². The summed E-state index contributed by atoms with van der Waals surface area (Å²) in [6.45, 7) is 6.27. The Hall–Kier alpha value is -2.62. The van der Waals surface area contributed by atoms with Crippen molar-refractivity contribution in [1.82, 2.24) is 15.0 Å². The second-order valence-electron chi connectivity index (χ2n) is 5.54. The lowest BCUT2D eigenvalue weighted by molar-refractivity contribution is 0.800. The van der Waals surface area contributed by atoms with Crippen LogP contribution in [0, 0.1) is 13.8 Å². The van der Waals surface area contributed by atoms with Crippen LogP contribution < -0.4 is 5.73 Å². The molecule has 1 heterocycles. The molecule has 2 aromatic carbocycles. The van der Waals surface area contributed by atoms with Gasteiger partial charge in [0, 0.05) is 5.56 Å². The lowest BCUT2D eigenvalue weighted by atomic mass is 10.0. The molecule has 112 valence electrons. The molecule has 2 N–H and O–H groups in total. The second kappa shape index (κ2) is 5.64. The average molecular weight is 292 g/mol. The summed E-state index contributed by atoms with van der Waals surface area (Å²) in [6.07, 6.45) is 0.925. The minimum Gasteiger partial charge on any atom is -0.382 e. The van der Waals surface area contributed by atoms with Crippen LogP contribution in [-0.4, -0.2) is 15.0 Å². The molecule has 0 unspecified atom stereocenters. The number of rotatable bonds is 3. The Labute approximate surface area is 130 Å². The number of benzene rings is 2. The lowest BCUT2D eigenvalue weighted by Gasteiger charge is -2.09. The number of nitrogen functional groups attached to an aromatic ring is 1. The van der Waals surface area contributed by atoms with E-state index in [4.69, 9.17) is 5.73 Å².